The molecule has 0 spiro atoms. The predicted molar refractivity (Wildman–Crippen MR) is 73.7 cm³/mol. The highest BCUT2D eigenvalue weighted by atomic mass is 16.6. The summed E-state index contributed by atoms with van der Waals surface area (Å²) in [4.78, 5) is 10.5. The Labute approximate surface area is 109 Å². The van der Waals surface area contributed by atoms with Gasteiger partial charge in [0, 0.05) is 24.2 Å². The van der Waals surface area contributed by atoms with E-state index in [0.29, 0.717) is 12.6 Å². The highest BCUT2D eigenvalue weighted by Crippen LogP contribution is 2.21. The number of hydrogen-bond donors (Lipinski definition) is 1. The number of nitrogens with one attached hydrogen (secondary N) is 1. The number of nitro groups is 1. The van der Waals surface area contributed by atoms with Crippen molar-refractivity contribution in [3.05, 3.63) is 39.4 Å². The lowest BCUT2D eigenvalue weighted by Gasteiger charge is -2.16. The van der Waals surface area contributed by atoms with Crippen molar-refractivity contribution >= 4 is 5.69 Å². The third-order valence-electron chi connectivity index (χ3n) is 3.33. The quantitative estimate of drug-likeness (QED) is 0.594. The van der Waals surface area contributed by atoms with Crippen molar-refractivity contribution in [2.24, 2.45) is 0 Å². The zero-order valence-corrected chi connectivity index (χ0v) is 11.4. The Morgan fingerprint density at radius 1 is 1.39 bits per heavy atom. The maximum Gasteiger partial charge on any atom is 0.272 e. The third kappa shape index (κ3) is 3.81. The van der Waals surface area contributed by atoms with Crippen LogP contribution in [0.5, 0.6) is 0 Å². The maximum absolute atomic E-state index is 10.9. The van der Waals surface area contributed by atoms with Gasteiger partial charge < -0.3 is 5.32 Å². The van der Waals surface area contributed by atoms with Gasteiger partial charge in [-0.1, -0.05) is 32.4 Å². The fourth-order valence-corrected chi connectivity index (χ4v) is 2.11. The van der Waals surface area contributed by atoms with E-state index in [-0.39, 0.29) is 10.6 Å². The van der Waals surface area contributed by atoms with Crippen LogP contribution in [-0.4, -0.2) is 11.0 Å². The Balaban J connectivity index is 2.73. The fourth-order valence-electron chi connectivity index (χ4n) is 2.11. The van der Waals surface area contributed by atoms with E-state index < -0.39 is 0 Å². The molecule has 0 bridgehead atoms. The number of benzene rings is 1. The summed E-state index contributed by atoms with van der Waals surface area (Å²) in [5.74, 6) is 0. The topological polar surface area (TPSA) is 55.2 Å². The van der Waals surface area contributed by atoms with Gasteiger partial charge in [0.05, 0.1) is 4.92 Å². The minimum Gasteiger partial charge on any atom is -0.310 e. The monoisotopic (exact) mass is 250 g/mol. The van der Waals surface area contributed by atoms with Gasteiger partial charge in [0.1, 0.15) is 0 Å². The molecule has 0 fully saturated rings. The molecule has 1 aromatic carbocycles. The summed E-state index contributed by atoms with van der Waals surface area (Å²) in [6.07, 6.45) is 3.38. The number of rotatable bonds is 7. The number of nitro benzene ring substituents is 1. The van der Waals surface area contributed by atoms with Crippen molar-refractivity contribution in [3.8, 4) is 0 Å². The molecule has 1 rings (SSSR count). The summed E-state index contributed by atoms with van der Waals surface area (Å²) in [7, 11) is 0. The van der Waals surface area contributed by atoms with Crippen LogP contribution in [0.1, 0.15) is 44.2 Å². The summed E-state index contributed by atoms with van der Waals surface area (Å²) in [5.41, 5.74) is 1.98. The van der Waals surface area contributed by atoms with E-state index in [4.69, 9.17) is 0 Å². The Morgan fingerprint density at radius 3 is 2.67 bits per heavy atom. The lowest BCUT2D eigenvalue weighted by molar-refractivity contribution is -0.385. The van der Waals surface area contributed by atoms with Gasteiger partial charge in [-0.2, -0.15) is 0 Å². The molecule has 0 aliphatic heterocycles. The van der Waals surface area contributed by atoms with Crippen LogP contribution in [0.25, 0.3) is 0 Å². The van der Waals surface area contributed by atoms with E-state index in [2.05, 4.69) is 19.2 Å². The van der Waals surface area contributed by atoms with Crippen molar-refractivity contribution in [2.75, 3.05) is 0 Å². The van der Waals surface area contributed by atoms with Gasteiger partial charge in [-0.25, -0.2) is 0 Å². The van der Waals surface area contributed by atoms with Crippen LogP contribution in [0, 0.1) is 17.0 Å². The van der Waals surface area contributed by atoms with E-state index in [0.717, 1.165) is 30.4 Å². The second-order valence-corrected chi connectivity index (χ2v) is 4.59. The minimum atomic E-state index is -0.317. The molecule has 0 heterocycles. The van der Waals surface area contributed by atoms with Gasteiger partial charge >= 0.3 is 0 Å². The second kappa shape index (κ2) is 7.11. The summed E-state index contributed by atoms with van der Waals surface area (Å²) in [5, 5.41) is 14.3. The van der Waals surface area contributed by atoms with Crippen molar-refractivity contribution in [1.82, 2.24) is 5.32 Å². The first-order valence-corrected chi connectivity index (χ1v) is 6.56. The molecule has 0 amide bonds. The Bertz CT molecular complexity index is 405. The van der Waals surface area contributed by atoms with E-state index >= 15 is 0 Å². The molecule has 1 N–H and O–H groups in total. The summed E-state index contributed by atoms with van der Waals surface area (Å²) in [6.45, 7) is 6.85. The second-order valence-electron chi connectivity index (χ2n) is 4.59. The molecule has 0 aromatic heterocycles. The molecular weight excluding hydrogens is 228 g/mol. The number of nitrogens with zero attached hydrogens (tertiary/aromatic N) is 1. The lowest BCUT2D eigenvalue weighted by atomic mass is 10.1. The van der Waals surface area contributed by atoms with E-state index in [1.54, 1.807) is 12.1 Å². The molecule has 1 atom stereocenters. The Hall–Kier alpha value is -1.42. The highest BCUT2D eigenvalue weighted by Gasteiger charge is 2.13. The molecule has 4 nitrogen and oxygen atoms in total. The predicted octanol–water partition coefficient (Wildman–Crippen LogP) is 3.57. The molecule has 1 aromatic rings. The standard InChI is InChI=1S/C14H22N2O2/c1-4-7-13(5-2)15-10-12-8-6-9-14(11(12)3)16(17)18/h6,8-9,13,15H,4-5,7,10H2,1-3H3. The first kappa shape index (κ1) is 14.6. The SMILES string of the molecule is CCCC(CC)NCc1cccc([N+](=O)[O-])c1C. The van der Waals surface area contributed by atoms with Gasteiger partial charge in [-0.15, -0.1) is 0 Å². The van der Waals surface area contributed by atoms with Crippen LogP contribution < -0.4 is 5.32 Å². The van der Waals surface area contributed by atoms with E-state index in [1.807, 2.05) is 13.0 Å². The van der Waals surface area contributed by atoms with Gasteiger partial charge in [0.25, 0.3) is 5.69 Å². The van der Waals surface area contributed by atoms with Crippen LogP contribution in [-0.2, 0) is 6.54 Å². The first-order valence-electron chi connectivity index (χ1n) is 6.56. The zero-order valence-electron chi connectivity index (χ0n) is 11.4. The van der Waals surface area contributed by atoms with Gasteiger partial charge in [-0.05, 0) is 25.3 Å². The third-order valence-corrected chi connectivity index (χ3v) is 3.33. The molecule has 100 valence electrons. The minimum absolute atomic E-state index is 0.206. The largest absolute Gasteiger partial charge is 0.310 e. The molecule has 4 heteroatoms. The smallest absolute Gasteiger partial charge is 0.272 e. The van der Waals surface area contributed by atoms with Crippen LogP contribution >= 0.6 is 0 Å². The van der Waals surface area contributed by atoms with Gasteiger partial charge in [-0.3, -0.25) is 10.1 Å². The van der Waals surface area contributed by atoms with Gasteiger partial charge in [0.15, 0.2) is 0 Å². The van der Waals surface area contributed by atoms with Crippen molar-refractivity contribution in [2.45, 2.75) is 52.6 Å². The van der Waals surface area contributed by atoms with Crippen LogP contribution in [0.4, 0.5) is 5.69 Å². The van der Waals surface area contributed by atoms with E-state index in [1.165, 1.54) is 0 Å². The average Bonchev–Trinajstić information content (AvgIpc) is 2.35. The maximum atomic E-state index is 10.9. The fraction of sp³-hybridized carbons (Fsp3) is 0.571. The normalized spacial score (nSPS) is 12.4. The Kier molecular flexibility index (Phi) is 5.78. The van der Waals surface area contributed by atoms with E-state index in [9.17, 15) is 10.1 Å². The molecule has 0 saturated heterocycles. The average molecular weight is 250 g/mol. The zero-order chi connectivity index (χ0) is 13.5. The first-order chi connectivity index (χ1) is 8.60. The summed E-state index contributed by atoms with van der Waals surface area (Å²) < 4.78 is 0. The van der Waals surface area contributed by atoms with Crippen LogP contribution in [0.3, 0.4) is 0 Å². The van der Waals surface area contributed by atoms with Crippen LogP contribution in [0.15, 0.2) is 18.2 Å². The molecule has 1 unspecified atom stereocenters. The molecular formula is C14H22N2O2. The van der Waals surface area contributed by atoms with Crippen LogP contribution in [0.2, 0.25) is 0 Å². The van der Waals surface area contributed by atoms with Crippen molar-refractivity contribution in [3.63, 3.8) is 0 Å². The molecule has 0 aliphatic carbocycles. The molecule has 18 heavy (non-hydrogen) atoms. The molecule has 0 aliphatic rings. The lowest BCUT2D eigenvalue weighted by Crippen LogP contribution is -2.28. The molecule has 0 radical (unpaired) electrons. The summed E-state index contributed by atoms with van der Waals surface area (Å²) in [6, 6.07) is 5.76. The molecule has 0 saturated carbocycles. The summed E-state index contributed by atoms with van der Waals surface area (Å²) >= 11 is 0. The Morgan fingerprint density at radius 2 is 2.11 bits per heavy atom. The number of hydrogen-bond acceptors (Lipinski definition) is 3. The van der Waals surface area contributed by atoms with Crippen molar-refractivity contribution < 1.29 is 4.92 Å². The van der Waals surface area contributed by atoms with Gasteiger partial charge in [0.2, 0.25) is 0 Å². The highest BCUT2D eigenvalue weighted by molar-refractivity contribution is 5.44. The van der Waals surface area contributed by atoms with Crippen molar-refractivity contribution in [1.29, 1.82) is 0 Å².